The van der Waals surface area contributed by atoms with Crippen LogP contribution < -0.4 is 14.2 Å². The second kappa shape index (κ2) is 10.2. The summed E-state index contributed by atoms with van der Waals surface area (Å²) in [5.41, 5.74) is 2.97. The van der Waals surface area contributed by atoms with Crippen LogP contribution in [0.3, 0.4) is 0 Å². The molecule has 0 spiro atoms. The third-order valence-corrected chi connectivity index (χ3v) is 6.45. The molecule has 190 valence electrons. The van der Waals surface area contributed by atoms with Crippen molar-refractivity contribution in [3.05, 3.63) is 72.1 Å². The minimum absolute atomic E-state index is 0.110. The van der Waals surface area contributed by atoms with Gasteiger partial charge in [-0.25, -0.2) is 9.50 Å². The Balaban J connectivity index is 1.34. The number of methoxy groups -OCH3 is 3. The Morgan fingerprint density at radius 1 is 0.757 bits per heavy atom. The lowest BCUT2D eigenvalue weighted by molar-refractivity contribution is 0.0530. The molecule has 2 aromatic heterocycles. The number of amides is 2. The van der Waals surface area contributed by atoms with Crippen molar-refractivity contribution in [2.24, 2.45) is 0 Å². The lowest BCUT2D eigenvalue weighted by Gasteiger charge is -2.34. The molecule has 0 aliphatic carbocycles. The summed E-state index contributed by atoms with van der Waals surface area (Å²) in [4.78, 5) is 34.2. The number of nitrogens with zero attached hydrogens (tertiary/aromatic N) is 5. The molecule has 0 radical (unpaired) electrons. The molecule has 0 N–H and O–H groups in total. The van der Waals surface area contributed by atoms with Crippen LogP contribution in [0.2, 0.25) is 0 Å². The highest BCUT2D eigenvalue weighted by Gasteiger charge is 2.28. The fraction of sp³-hybridized carbons (Fsp3) is 0.259. The zero-order chi connectivity index (χ0) is 25.9. The molecule has 0 atom stereocenters. The van der Waals surface area contributed by atoms with Crippen molar-refractivity contribution in [1.82, 2.24) is 24.4 Å². The van der Waals surface area contributed by atoms with E-state index >= 15 is 0 Å². The lowest BCUT2D eigenvalue weighted by Crippen LogP contribution is -2.50. The van der Waals surface area contributed by atoms with E-state index in [2.05, 4.69) is 10.1 Å². The summed E-state index contributed by atoms with van der Waals surface area (Å²) >= 11 is 0. The number of para-hydroxylation sites is 1. The summed E-state index contributed by atoms with van der Waals surface area (Å²) in [7, 11) is 4.71. The first kappa shape index (κ1) is 24.1. The molecule has 5 rings (SSSR count). The number of ether oxygens (including phenoxy) is 3. The number of fused-ring (bicyclic) bond motifs is 1. The van der Waals surface area contributed by atoms with Gasteiger partial charge in [-0.15, -0.1) is 0 Å². The summed E-state index contributed by atoms with van der Waals surface area (Å²) in [6.07, 6.45) is 1.68. The van der Waals surface area contributed by atoms with Crippen LogP contribution in [0.4, 0.5) is 0 Å². The normalized spacial score (nSPS) is 13.5. The summed E-state index contributed by atoms with van der Waals surface area (Å²) in [5.74, 6) is 1.44. The van der Waals surface area contributed by atoms with E-state index in [0.717, 1.165) is 11.3 Å². The van der Waals surface area contributed by atoms with Gasteiger partial charge in [-0.2, -0.15) is 5.10 Å². The fourth-order valence-corrected chi connectivity index (χ4v) is 4.48. The molecule has 0 bridgehead atoms. The molecule has 10 heteroatoms. The monoisotopic (exact) mass is 501 g/mol. The van der Waals surface area contributed by atoms with Gasteiger partial charge in [0.2, 0.25) is 0 Å². The lowest BCUT2D eigenvalue weighted by atomic mass is 10.1. The Labute approximate surface area is 214 Å². The van der Waals surface area contributed by atoms with Crippen molar-refractivity contribution >= 4 is 17.5 Å². The molecule has 1 aliphatic rings. The van der Waals surface area contributed by atoms with Crippen LogP contribution in [-0.2, 0) is 0 Å². The summed E-state index contributed by atoms with van der Waals surface area (Å²) in [6.45, 7) is 1.66. The van der Waals surface area contributed by atoms with Crippen molar-refractivity contribution in [3.8, 4) is 28.5 Å². The highest BCUT2D eigenvalue weighted by atomic mass is 16.5. The molecular weight excluding hydrogens is 474 g/mol. The van der Waals surface area contributed by atoms with Gasteiger partial charge in [0.1, 0.15) is 5.75 Å². The number of rotatable bonds is 6. The van der Waals surface area contributed by atoms with Gasteiger partial charge in [-0.1, -0.05) is 12.1 Å². The Kier molecular flexibility index (Phi) is 6.63. The first-order chi connectivity index (χ1) is 18.0. The van der Waals surface area contributed by atoms with Crippen LogP contribution in [0, 0.1) is 0 Å². The van der Waals surface area contributed by atoms with E-state index in [0.29, 0.717) is 60.3 Å². The van der Waals surface area contributed by atoms with Gasteiger partial charge in [0.05, 0.1) is 32.6 Å². The minimum atomic E-state index is -0.201. The maximum absolute atomic E-state index is 13.3. The highest BCUT2D eigenvalue weighted by Crippen LogP contribution is 2.32. The molecular formula is C27H27N5O5. The molecule has 1 aliphatic heterocycles. The second-order valence-corrected chi connectivity index (χ2v) is 8.48. The minimum Gasteiger partial charge on any atom is -0.496 e. The number of carbonyl (C=O) groups is 2. The number of carbonyl (C=O) groups excluding carboxylic acids is 2. The second-order valence-electron chi connectivity index (χ2n) is 8.48. The third-order valence-electron chi connectivity index (χ3n) is 6.45. The SMILES string of the molecule is COc1ccc(-c2ccnc3cc(C(=O)N4CCN(C(=O)c5ccccc5OC)CC4)nn23)cc1OC. The molecule has 1 saturated heterocycles. The number of aromatic nitrogens is 3. The molecule has 0 saturated carbocycles. The first-order valence-corrected chi connectivity index (χ1v) is 11.8. The van der Waals surface area contributed by atoms with Crippen molar-refractivity contribution < 1.29 is 23.8 Å². The third kappa shape index (κ3) is 4.53. The molecule has 2 amide bonds. The van der Waals surface area contributed by atoms with E-state index in [4.69, 9.17) is 14.2 Å². The van der Waals surface area contributed by atoms with E-state index in [9.17, 15) is 9.59 Å². The topological polar surface area (TPSA) is 98.5 Å². The van der Waals surface area contributed by atoms with Gasteiger partial charge in [0.15, 0.2) is 22.8 Å². The summed E-state index contributed by atoms with van der Waals surface area (Å²) < 4.78 is 17.7. The van der Waals surface area contributed by atoms with Crippen LogP contribution in [-0.4, -0.2) is 83.7 Å². The van der Waals surface area contributed by atoms with Crippen molar-refractivity contribution in [1.29, 1.82) is 0 Å². The fourth-order valence-electron chi connectivity index (χ4n) is 4.48. The Bertz CT molecular complexity index is 1460. The van der Waals surface area contributed by atoms with E-state index in [-0.39, 0.29) is 11.8 Å². The van der Waals surface area contributed by atoms with Gasteiger partial charge in [0, 0.05) is 44.0 Å². The van der Waals surface area contributed by atoms with Crippen molar-refractivity contribution in [2.75, 3.05) is 47.5 Å². The van der Waals surface area contributed by atoms with Crippen LogP contribution >= 0.6 is 0 Å². The van der Waals surface area contributed by atoms with E-state index < -0.39 is 0 Å². The van der Waals surface area contributed by atoms with Gasteiger partial charge >= 0.3 is 0 Å². The number of benzene rings is 2. The van der Waals surface area contributed by atoms with Crippen LogP contribution in [0.15, 0.2) is 60.8 Å². The largest absolute Gasteiger partial charge is 0.496 e. The van der Waals surface area contributed by atoms with Crippen LogP contribution in [0.1, 0.15) is 20.8 Å². The maximum Gasteiger partial charge on any atom is 0.274 e. The van der Waals surface area contributed by atoms with Crippen LogP contribution in [0.5, 0.6) is 17.2 Å². The zero-order valence-corrected chi connectivity index (χ0v) is 20.9. The van der Waals surface area contributed by atoms with E-state index in [1.54, 1.807) is 60.0 Å². The van der Waals surface area contributed by atoms with Crippen molar-refractivity contribution in [3.63, 3.8) is 0 Å². The molecule has 10 nitrogen and oxygen atoms in total. The smallest absolute Gasteiger partial charge is 0.274 e. The van der Waals surface area contributed by atoms with E-state index in [1.807, 2.05) is 36.4 Å². The molecule has 3 heterocycles. The summed E-state index contributed by atoms with van der Waals surface area (Å²) in [5, 5.41) is 4.58. The number of hydrogen-bond acceptors (Lipinski definition) is 7. The standard InChI is InChI=1S/C27H27N5O5/c1-35-22-7-5-4-6-19(22)26(33)30-12-14-31(15-13-30)27(34)20-17-25-28-11-10-21(32(25)29-20)18-8-9-23(36-2)24(16-18)37-3/h4-11,16-17H,12-15H2,1-3H3. The summed E-state index contributed by atoms with van der Waals surface area (Å²) in [6, 6.07) is 16.2. The molecule has 0 unspecified atom stereocenters. The van der Waals surface area contributed by atoms with Crippen molar-refractivity contribution in [2.45, 2.75) is 0 Å². The molecule has 1 fully saturated rings. The average molecular weight is 502 g/mol. The quantitative estimate of drug-likeness (QED) is 0.401. The molecule has 4 aromatic rings. The Morgan fingerprint density at radius 3 is 2.14 bits per heavy atom. The number of hydrogen-bond donors (Lipinski definition) is 0. The zero-order valence-electron chi connectivity index (χ0n) is 20.9. The van der Waals surface area contributed by atoms with Gasteiger partial charge in [0.25, 0.3) is 11.8 Å². The van der Waals surface area contributed by atoms with E-state index in [1.165, 1.54) is 0 Å². The van der Waals surface area contributed by atoms with Gasteiger partial charge in [-0.05, 0) is 36.4 Å². The maximum atomic E-state index is 13.3. The van der Waals surface area contributed by atoms with Gasteiger partial charge in [-0.3, -0.25) is 9.59 Å². The predicted octanol–water partition coefficient (Wildman–Crippen LogP) is 3.02. The molecule has 2 aromatic carbocycles. The predicted molar refractivity (Wildman–Crippen MR) is 136 cm³/mol. The Morgan fingerprint density at radius 2 is 1.43 bits per heavy atom. The Hall–Kier alpha value is -4.60. The average Bonchev–Trinajstić information content (AvgIpc) is 3.40. The van der Waals surface area contributed by atoms with Gasteiger partial charge < -0.3 is 24.0 Å². The van der Waals surface area contributed by atoms with Crippen LogP contribution in [0.25, 0.3) is 16.9 Å². The molecule has 37 heavy (non-hydrogen) atoms. The highest BCUT2D eigenvalue weighted by molar-refractivity contribution is 5.97. The first-order valence-electron chi connectivity index (χ1n) is 11.8. The number of piperazine rings is 1.